The second kappa shape index (κ2) is 4.58. The van der Waals surface area contributed by atoms with Gasteiger partial charge in [0.05, 0.1) is 23.4 Å². The third-order valence-corrected chi connectivity index (χ3v) is 2.46. The smallest absolute Gasteiger partial charge is 0.392 e. The van der Waals surface area contributed by atoms with E-state index >= 15 is 0 Å². The highest BCUT2D eigenvalue weighted by Gasteiger charge is 2.31. The maximum Gasteiger partial charge on any atom is 0.417 e. The van der Waals surface area contributed by atoms with Crippen molar-refractivity contribution in [2.75, 3.05) is 0 Å². The molecule has 8 heteroatoms. The van der Waals surface area contributed by atoms with Gasteiger partial charge in [-0.05, 0) is 6.07 Å². The van der Waals surface area contributed by atoms with E-state index in [2.05, 4.69) is 10.1 Å². The van der Waals surface area contributed by atoms with Gasteiger partial charge in [-0.3, -0.25) is 0 Å². The third kappa shape index (κ3) is 2.46. The molecule has 0 aliphatic heterocycles. The standard InChI is InChI=1S/C10H7ClF3N3O/c11-8-1-7(10(12,13)14)3-15-9(8)17-4-6(5-18)2-16-17/h1-4,18H,5H2. The molecule has 0 aliphatic carbocycles. The van der Waals surface area contributed by atoms with Crippen LogP contribution >= 0.6 is 11.6 Å². The number of rotatable bonds is 2. The molecule has 0 unspecified atom stereocenters. The van der Waals surface area contributed by atoms with E-state index in [0.29, 0.717) is 11.8 Å². The SMILES string of the molecule is OCc1cnn(-c2ncc(C(F)(F)F)cc2Cl)c1. The van der Waals surface area contributed by atoms with Gasteiger partial charge in [0.15, 0.2) is 5.82 Å². The molecule has 0 spiro atoms. The fourth-order valence-electron chi connectivity index (χ4n) is 1.31. The van der Waals surface area contributed by atoms with Crippen molar-refractivity contribution in [1.29, 1.82) is 0 Å². The van der Waals surface area contributed by atoms with Crippen molar-refractivity contribution < 1.29 is 18.3 Å². The van der Waals surface area contributed by atoms with Crippen molar-refractivity contribution in [1.82, 2.24) is 14.8 Å². The van der Waals surface area contributed by atoms with Crippen molar-refractivity contribution in [2.24, 2.45) is 0 Å². The summed E-state index contributed by atoms with van der Waals surface area (Å²) in [7, 11) is 0. The van der Waals surface area contributed by atoms with Gasteiger partial charge in [0, 0.05) is 18.0 Å². The first-order chi connectivity index (χ1) is 8.41. The molecule has 0 aromatic carbocycles. The van der Waals surface area contributed by atoms with Gasteiger partial charge >= 0.3 is 6.18 Å². The molecule has 0 saturated heterocycles. The molecule has 2 heterocycles. The summed E-state index contributed by atoms with van der Waals surface area (Å²) in [4.78, 5) is 3.63. The lowest BCUT2D eigenvalue weighted by atomic mass is 10.3. The highest BCUT2D eigenvalue weighted by atomic mass is 35.5. The van der Waals surface area contributed by atoms with Crippen molar-refractivity contribution in [3.63, 3.8) is 0 Å². The van der Waals surface area contributed by atoms with Crippen LogP contribution in [0.15, 0.2) is 24.7 Å². The molecule has 0 saturated carbocycles. The number of hydrogen-bond donors (Lipinski definition) is 1. The van der Waals surface area contributed by atoms with Crippen molar-refractivity contribution in [2.45, 2.75) is 12.8 Å². The topological polar surface area (TPSA) is 50.9 Å². The Kier molecular flexibility index (Phi) is 3.27. The number of pyridine rings is 1. The van der Waals surface area contributed by atoms with Crippen LogP contribution < -0.4 is 0 Å². The normalized spacial score (nSPS) is 11.8. The number of halogens is 4. The predicted molar refractivity (Wildman–Crippen MR) is 57.3 cm³/mol. The fourth-order valence-corrected chi connectivity index (χ4v) is 1.56. The van der Waals surface area contributed by atoms with E-state index in [1.54, 1.807) is 0 Å². The van der Waals surface area contributed by atoms with Gasteiger partial charge in [-0.25, -0.2) is 9.67 Å². The molecule has 0 radical (unpaired) electrons. The minimum Gasteiger partial charge on any atom is -0.392 e. The second-order valence-corrected chi connectivity index (χ2v) is 3.89. The van der Waals surface area contributed by atoms with Crippen molar-refractivity contribution >= 4 is 11.6 Å². The number of alkyl halides is 3. The summed E-state index contributed by atoms with van der Waals surface area (Å²) in [5.41, 5.74) is -0.418. The van der Waals surface area contributed by atoms with Crippen molar-refractivity contribution in [3.05, 3.63) is 40.8 Å². The van der Waals surface area contributed by atoms with Crippen LogP contribution in [0.25, 0.3) is 5.82 Å². The lowest BCUT2D eigenvalue weighted by Gasteiger charge is -2.08. The van der Waals surface area contributed by atoms with Gasteiger partial charge in [0.1, 0.15) is 0 Å². The summed E-state index contributed by atoms with van der Waals surface area (Å²) >= 11 is 5.74. The molecule has 2 aromatic rings. The Hall–Kier alpha value is -1.60. The average Bonchev–Trinajstić information content (AvgIpc) is 2.76. The first-order valence-corrected chi connectivity index (χ1v) is 5.17. The molecule has 4 nitrogen and oxygen atoms in total. The number of hydrogen-bond acceptors (Lipinski definition) is 3. The minimum atomic E-state index is -4.49. The molecular weight excluding hydrogens is 271 g/mol. The van der Waals surface area contributed by atoms with Crippen LogP contribution in [0.5, 0.6) is 0 Å². The molecule has 0 amide bonds. The van der Waals surface area contributed by atoms with E-state index in [1.165, 1.54) is 17.1 Å². The first-order valence-electron chi connectivity index (χ1n) is 4.79. The molecule has 1 N–H and O–H groups in total. The number of nitrogens with zero attached hydrogens (tertiary/aromatic N) is 3. The van der Waals surface area contributed by atoms with Crippen LogP contribution in [0.3, 0.4) is 0 Å². The monoisotopic (exact) mass is 277 g/mol. The van der Waals surface area contributed by atoms with Crippen LogP contribution in [-0.2, 0) is 12.8 Å². The lowest BCUT2D eigenvalue weighted by molar-refractivity contribution is -0.137. The van der Waals surface area contributed by atoms with Crippen LogP contribution in [0, 0.1) is 0 Å². The maximum atomic E-state index is 12.4. The molecule has 2 rings (SSSR count). The fraction of sp³-hybridized carbons (Fsp3) is 0.200. The van der Waals surface area contributed by atoms with Gasteiger partial charge in [0.25, 0.3) is 0 Å². The summed E-state index contributed by atoms with van der Waals surface area (Å²) in [6.45, 7) is -0.224. The third-order valence-electron chi connectivity index (χ3n) is 2.18. The van der Waals surface area contributed by atoms with Crippen LogP contribution in [0.2, 0.25) is 5.02 Å². The van der Waals surface area contributed by atoms with Gasteiger partial charge in [-0.2, -0.15) is 18.3 Å². The van der Waals surface area contributed by atoms with E-state index in [9.17, 15) is 13.2 Å². The Labute approximate surface area is 105 Å². The van der Waals surface area contributed by atoms with E-state index in [1.807, 2.05) is 0 Å². The summed E-state index contributed by atoms with van der Waals surface area (Å²) < 4.78 is 38.4. The Balaban J connectivity index is 2.41. The van der Waals surface area contributed by atoms with Gasteiger partial charge in [0.2, 0.25) is 0 Å². The Bertz CT molecular complexity index is 568. The Morgan fingerprint density at radius 2 is 2.06 bits per heavy atom. The second-order valence-electron chi connectivity index (χ2n) is 3.48. The molecular formula is C10H7ClF3N3O. The molecule has 0 atom stereocenters. The van der Waals surface area contributed by atoms with E-state index in [0.717, 1.165) is 6.07 Å². The zero-order chi connectivity index (χ0) is 13.3. The zero-order valence-corrected chi connectivity index (χ0v) is 9.57. The summed E-state index contributed by atoms with van der Waals surface area (Å²) in [5, 5.41) is 12.5. The molecule has 0 fully saturated rings. The predicted octanol–water partition coefficient (Wildman–Crippen LogP) is 2.43. The van der Waals surface area contributed by atoms with E-state index in [-0.39, 0.29) is 17.4 Å². The maximum absolute atomic E-state index is 12.4. The van der Waals surface area contributed by atoms with E-state index < -0.39 is 11.7 Å². The zero-order valence-electron chi connectivity index (χ0n) is 8.82. The van der Waals surface area contributed by atoms with E-state index in [4.69, 9.17) is 16.7 Å². The highest BCUT2D eigenvalue weighted by molar-refractivity contribution is 6.32. The largest absolute Gasteiger partial charge is 0.417 e. The summed E-state index contributed by atoms with van der Waals surface area (Å²) in [6, 6.07) is 0.782. The van der Waals surface area contributed by atoms with Crippen molar-refractivity contribution in [3.8, 4) is 5.82 Å². The molecule has 96 valence electrons. The van der Waals surface area contributed by atoms with Gasteiger partial charge in [-0.15, -0.1) is 0 Å². The summed E-state index contributed by atoms with van der Waals surface area (Å²) in [5.74, 6) is 0.0735. The van der Waals surface area contributed by atoms with Crippen LogP contribution in [0.1, 0.15) is 11.1 Å². The number of aliphatic hydroxyl groups excluding tert-OH is 1. The highest BCUT2D eigenvalue weighted by Crippen LogP contribution is 2.31. The molecule has 2 aromatic heterocycles. The van der Waals surface area contributed by atoms with Gasteiger partial charge in [-0.1, -0.05) is 11.6 Å². The molecule has 18 heavy (non-hydrogen) atoms. The Morgan fingerprint density at radius 1 is 1.33 bits per heavy atom. The first kappa shape index (κ1) is 12.8. The molecule has 0 bridgehead atoms. The quantitative estimate of drug-likeness (QED) is 0.917. The molecule has 0 aliphatic rings. The average molecular weight is 278 g/mol. The van der Waals surface area contributed by atoms with Crippen LogP contribution in [-0.4, -0.2) is 19.9 Å². The Morgan fingerprint density at radius 3 is 2.56 bits per heavy atom. The van der Waals surface area contributed by atoms with Gasteiger partial charge < -0.3 is 5.11 Å². The van der Waals surface area contributed by atoms with Crippen LogP contribution in [0.4, 0.5) is 13.2 Å². The summed E-state index contributed by atoms with van der Waals surface area (Å²) in [6.07, 6.45) is -1.01. The number of aromatic nitrogens is 3. The lowest BCUT2D eigenvalue weighted by Crippen LogP contribution is -2.07. The number of aliphatic hydroxyl groups is 1. The minimum absolute atomic E-state index is 0.0735.